The van der Waals surface area contributed by atoms with Gasteiger partial charge in [0.05, 0.1) is 6.04 Å². The third kappa shape index (κ3) is 2.60. The summed E-state index contributed by atoms with van der Waals surface area (Å²) in [5.41, 5.74) is 9.20. The Kier molecular flexibility index (Phi) is 4.41. The van der Waals surface area contributed by atoms with Crippen LogP contribution in [0.3, 0.4) is 0 Å². The number of rotatable bonds is 4. The quantitative estimate of drug-likeness (QED) is 0.883. The van der Waals surface area contributed by atoms with Crippen molar-refractivity contribution >= 4 is 0 Å². The normalized spacial score (nSPS) is 24.1. The van der Waals surface area contributed by atoms with Gasteiger partial charge >= 0.3 is 0 Å². The fourth-order valence-electron chi connectivity index (χ4n) is 3.17. The molecule has 0 aliphatic carbocycles. The first-order chi connectivity index (χ1) is 8.65. The Hall–Kier alpha value is -0.860. The van der Waals surface area contributed by atoms with Crippen LogP contribution in [0.2, 0.25) is 0 Å². The van der Waals surface area contributed by atoms with Crippen molar-refractivity contribution in [1.82, 2.24) is 4.90 Å². The zero-order valence-electron chi connectivity index (χ0n) is 11.9. The first kappa shape index (κ1) is 13.6. The van der Waals surface area contributed by atoms with Crippen molar-refractivity contribution in [2.24, 2.45) is 5.73 Å². The van der Waals surface area contributed by atoms with Gasteiger partial charge in [0.1, 0.15) is 0 Å². The van der Waals surface area contributed by atoms with Crippen LogP contribution in [0.1, 0.15) is 50.3 Å². The number of nitrogens with two attached hydrogens (primary N) is 1. The summed E-state index contributed by atoms with van der Waals surface area (Å²) >= 11 is 0. The third-order valence-electron chi connectivity index (χ3n) is 4.35. The van der Waals surface area contributed by atoms with E-state index in [4.69, 9.17) is 5.73 Å². The Bertz CT molecular complexity index is 388. The van der Waals surface area contributed by atoms with Crippen LogP contribution >= 0.6 is 0 Å². The molecule has 18 heavy (non-hydrogen) atoms. The maximum atomic E-state index is 6.42. The molecule has 2 rings (SSSR count). The fourth-order valence-corrected chi connectivity index (χ4v) is 3.17. The molecule has 0 saturated carbocycles. The van der Waals surface area contributed by atoms with Crippen LogP contribution in [-0.4, -0.2) is 23.5 Å². The van der Waals surface area contributed by atoms with Gasteiger partial charge in [0.2, 0.25) is 0 Å². The van der Waals surface area contributed by atoms with E-state index in [1.54, 1.807) is 0 Å². The van der Waals surface area contributed by atoms with Gasteiger partial charge in [-0.2, -0.15) is 0 Å². The summed E-state index contributed by atoms with van der Waals surface area (Å²) in [6, 6.07) is 9.97. The van der Waals surface area contributed by atoms with E-state index < -0.39 is 0 Å². The van der Waals surface area contributed by atoms with Gasteiger partial charge in [-0.15, -0.1) is 0 Å². The largest absolute Gasteiger partial charge is 0.326 e. The van der Waals surface area contributed by atoms with Gasteiger partial charge in [-0.3, -0.25) is 4.90 Å². The maximum Gasteiger partial charge on any atom is 0.0504 e. The van der Waals surface area contributed by atoms with E-state index in [2.05, 4.69) is 49.9 Å². The van der Waals surface area contributed by atoms with Crippen LogP contribution in [0.4, 0.5) is 0 Å². The molecular weight excluding hydrogens is 220 g/mol. The molecule has 1 aliphatic heterocycles. The average molecular weight is 246 g/mol. The molecule has 1 aromatic rings. The number of aryl methyl sites for hydroxylation is 1. The molecule has 3 unspecified atom stereocenters. The van der Waals surface area contributed by atoms with E-state index in [1.165, 1.54) is 30.5 Å². The standard InChI is InChI=1S/C16H26N2/c1-4-15(17)16(18-11-7-9-13(18)3)14-10-6-5-8-12(14)2/h5-6,8,10,13,15-16H,4,7,9,11,17H2,1-3H3. The Labute approximate surface area is 111 Å². The van der Waals surface area contributed by atoms with Gasteiger partial charge in [0.15, 0.2) is 0 Å². The fraction of sp³-hybridized carbons (Fsp3) is 0.625. The minimum absolute atomic E-state index is 0.228. The zero-order chi connectivity index (χ0) is 13.1. The topological polar surface area (TPSA) is 29.3 Å². The molecule has 0 spiro atoms. The molecule has 1 aromatic carbocycles. The van der Waals surface area contributed by atoms with Gasteiger partial charge < -0.3 is 5.73 Å². The van der Waals surface area contributed by atoms with E-state index in [9.17, 15) is 0 Å². The lowest BCUT2D eigenvalue weighted by molar-refractivity contribution is 0.162. The lowest BCUT2D eigenvalue weighted by Gasteiger charge is -2.36. The highest BCUT2D eigenvalue weighted by molar-refractivity contribution is 5.30. The van der Waals surface area contributed by atoms with Crippen molar-refractivity contribution in [3.8, 4) is 0 Å². The predicted octanol–water partition coefficient (Wildman–Crippen LogP) is 3.26. The van der Waals surface area contributed by atoms with Crippen LogP contribution < -0.4 is 5.73 Å². The SMILES string of the molecule is CCC(N)C(c1ccccc1C)N1CCCC1C. The maximum absolute atomic E-state index is 6.42. The van der Waals surface area contributed by atoms with E-state index in [1.807, 2.05) is 0 Å². The molecule has 0 aromatic heterocycles. The van der Waals surface area contributed by atoms with Crippen LogP contribution in [-0.2, 0) is 0 Å². The molecule has 0 bridgehead atoms. The highest BCUT2D eigenvalue weighted by atomic mass is 15.2. The van der Waals surface area contributed by atoms with Crippen LogP contribution in [0.5, 0.6) is 0 Å². The van der Waals surface area contributed by atoms with Crippen molar-refractivity contribution in [2.45, 2.75) is 58.2 Å². The summed E-state index contributed by atoms with van der Waals surface area (Å²) in [5, 5.41) is 0. The van der Waals surface area contributed by atoms with E-state index in [0.29, 0.717) is 12.1 Å². The molecule has 1 heterocycles. The molecule has 3 atom stereocenters. The molecule has 2 N–H and O–H groups in total. The number of hydrogen-bond acceptors (Lipinski definition) is 2. The summed E-state index contributed by atoms with van der Waals surface area (Å²) in [6.07, 6.45) is 3.64. The average Bonchev–Trinajstić information content (AvgIpc) is 2.78. The predicted molar refractivity (Wildman–Crippen MR) is 77.6 cm³/mol. The summed E-state index contributed by atoms with van der Waals surface area (Å²) in [7, 11) is 0. The molecule has 0 amide bonds. The molecule has 2 nitrogen and oxygen atoms in total. The Morgan fingerprint density at radius 3 is 2.67 bits per heavy atom. The van der Waals surface area contributed by atoms with Gasteiger partial charge in [-0.25, -0.2) is 0 Å². The number of nitrogens with zero attached hydrogens (tertiary/aromatic N) is 1. The number of likely N-dealkylation sites (tertiary alicyclic amines) is 1. The first-order valence-electron chi connectivity index (χ1n) is 7.22. The van der Waals surface area contributed by atoms with E-state index in [0.717, 1.165) is 6.42 Å². The second kappa shape index (κ2) is 5.85. The molecule has 1 fully saturated rings. The van der Waals surface area contributed by atoms with Crippen LogP contribution in [0.25, 0.3) is 0 Å². The Balaban J connectivity index is 2.33. The minimum Gasteiger partial charge on any atom is -0.326 e. The minimum atomic E-state index is 0.228. The van der Waals surface area contributed by atoms with Crippen LogP contribution in [0, 0.1) is 6.92 Å². The molecule has 2 heteroatoms. The summed E-state index contributed by atoms with van der Waals surface area (Å²) in [4.78, 5) is 2.61. The Morgan fingerprint density at radius 2 is 2.11 bits per heavy atom. The lowest BCUT2D eigenvalue weighted by atomic mass is 9.92. The molecule has 100 valence electrons. The monoisotopic (exact) mass is 246 g/mol. The van der Waals surface area contributed by atoms with Crippen molar-refractivity contribution in [2.75, 3.05) is 6.54 Å². The van der Waals surface area contributed by atoms with E-state index in [-0.39, 0.29) is 6.04 Å². The van der Waals surface area contributed by atoms with Crippen molar-refractivity contribution in [3.05, 3.63) is 35.4 Å². The third-order valence-corrected chi connectivity index (χ3v) is 4.35. The van der Waals surface area contributed by atoms with E-state index >= 15 is 0 Å². The second-order valence-corrected chi connectivity index (χ2v) is 5.60. The second-order valence-electron chi connectivity index (χ2n) is 5.60. The molecular formula is C16H26N2. The van der Waals surface area contributed by atoms with Gasteiger partial charge in [-0.1, -0.05) is 31.2 Å². The zero-order valence-corrected chi connectivity index (χ0v) is 11.9. The van der Waals surface area contributed by atoms with Gasteiger partial charge in [-0.05, 0) is 50.8 Å². The summed E-state index contributed by atoms with van der Waals surface area (Å²) in [6.45, 7) is 7.91. The van der Waals surface area contributed by atoms with Crippen molar-refractivity contribution in [1.29, 1.82) is 0 Å². The number of hydrogen-bond donors (Lipinski definition) is 1. The van der Waals surface area contributed by atoms with Crippen LogP contribution in [0.15, 0.2) is 24.3 Å². The first-order valence-corrected chi connectivity index (χ1v) is 7.22. The van der Waals surface area contributed by atoms with Crippen molar-refractivity contribution < 1.29 is 0 Å². The highest BCUT2D eigenvalue weighted by Crippen LogP contribution is 2.33. The highest BCUT2D eigenvalue weighted by Gasteiger charge is 2.32. The lowest BCUT2D eigenvalue weighted by Crippen LogP contribution is -2.42. The molecule has 0 radical (unpaired) electrons. The Morgan fingerprint density at radius 1 is 1.39 bits per heavy atom. The molecule has 1 saturated heterocycles. The smallest absolute Gasteiger partial charge is 0.0504 e. The summed E-state index contributed by atoms with van der Waals surface area (Å²) in [5.74, 6) is 0. The van der Waals surface area contributed by atoms with Gasteiger partial charge in [0, 0.05) is 12.1 Å². The molecule has 1 aliphatic rings. The summed E-state index contributed by atoms with van der Waals surface area (Å²) < 4.78 is 0. The van der Waals surface area contributed by atoms with Crippen molar-refractivity contribution in [3.63, 3.8) is 0 Å². The van der Waals surface area contributed by atoms with Gasteiger partial charge in [0.25, 0.3) is 0 Å². The number of benzene rings is 1.